The molecule has 0 unspecified atom stereocenters. The first kappa shape index (κ1) is 32.6. The van der Waals surface area contributed by atoms with Crippen LogP contribution in [0.3, 0.4) is 0 Å². The Bertz CT molecular complexity index is 2950. The summed E-state index contributed by atoms with van der Waals surface area (Å²) >= 11 is 1.84. The van der Waals surface area contributed by atoms with E-state index in [4.69, 9.17) is 15.0 Å². The number of hydrogen-bond acceptors (Lipinski definition) is 4. The van der Waals surface area contributed by atoms with Crippen LogP contribution < -0.4 is 0 Å². The summed E-state index contributed by atoms with van der Waals surface area (Å²) < 4.78 is 2.61. The smallest absolute Gasteiger partial charge is 0.164 e. The Balaban J connectivity index is 1.06. The maximum Gasteiger partial charge on any atom is 0.164 e. The Morgan fingerprint density at radius 1 is 0.255 bits per heavy atom. The highest BCUT2D eigenvalue weighted by molar-refractivity contribution is 7.25. The van der Waals surface area contributed by atoms with Crippen molar-refractivity contribution in [3.63, 3.8) is 0 Å². The first-order valence-electron chi connectivity index (χ1n) is 18.4. The Morgan fingerprint density at radius 2 is 0.709 bits per heavy atom. The molecule has 3 nitrogen and oxygen atoms in total. The van der Waals surface area contributed by atoms with Crippen molar-refractivity contribution in [3.8, 4) is 78.7 Å². The van der Waals surface area contributed by atoms with Gasteiger partial charge in [-0.1, -0.05) is 176 Å². The standard InChI is InChI=1S/C51H33N3S/c1-3-12-34(13-4-1)35-22-24-36(25-23-35)40-16-11-17-42(32-40)50-52-49(53-51(54-50)45-20-8-7-18-43(45)38-14-5-2-6-15-38)39-28-26-37(27-29-39)41-30-31-48-46(33-41)44-19-9-10-21-47(44)55-48/h1-33H. The van der Waals surface area contributed by atoms with Gasteiger partial charge in [-0.25, -0.2) is 15.0 Å². The summed E-state index contributed by atoms with van der Waals surface area (Å²) in [6.07, 6.45) is 0. The Kier molecular flexibility index (Phi) is 8.36. The molecular weight excluding hydrogens is 687 g/mol. The lowest BCUT2D eigenvalue weighted by Crippen LogP contribution is -2.01. The number of aromatic nitrogens is 3. The average molecular weight is 720 g/mol. The summed E-state index contributed by atoms with van der Waals surface area (Å²) in [6, 6.07) is 70.5. The van der Waals surface area contributed by atoms with Crippen LogP contribution in [0.15, 0.2) is 200 Å². The third kappa shape index (κ3) is 6.39. The highest BCUT2D eigenvalue weighted by atomic mass is 32.1. The second-order valence-electron chi connectivity index (χ2n) is 13.6. The van der Waals surface area contributed by atoms with Gasteiger partial charge >= 0.3 is 0 Å². The van der Waals surface area contributed by atoms with Gasteiger partial charge < -0.3 is 0 Å². The van der Waals surface area contributed by atoms with Crippen LogP contribution in [0.5, 0.6) is 0 Å². The van der Waals surface area contributed by atoms with E-state index in [1.54, 1.807) is 0 Å². The molecule has 0 fully saturated rings. The van der Waals surface area contributed by atoms with E-state index in [0.29, 0.717) is 17.5 Å². The fourth-order valence-corrected chi connectivity index (χ4v) is 8.43. The summed E-state index contributed by atoms with van der Waals surface area (Å²) in [7, 11) is 0. The SMILES string of the molecule is c1ccc(-c2ccc(-c3cccc(-c4nc(-c5ccc(-c6ccc7sc8ccccc8c7c6)cc5)nc(-c5ccccc5-c5ccccc5)n4)c3)cc2)cc1. The van der Waals surface area contributed by atoms with E-state index in [1.165, 1.54) is 36.9 Å². The fourth-order valence-electron chi connectivity index (χ4n) is 7.34. The van der Waals surface area contributed by atoms with Crippen molar-refractivity contribution in [1.82, 2.24) is 15.0 Å². The van der Waals surface area contributed by atoms with Crippen LogP contribution in [0, 0.1) is 0 Å². The number of benzene rings is 8. The minimum absolute atomic E-state index is 0.629. The predicted octanol–water partition coefficient (Wildman–Crippen LogP) is 13.9. The second-order valence-corrected chi connectivity index (χ2v) is 14.7. The fraction of sp³-hybridized carbons (Fsp3) is 0. The van der Waals surface area contributed by atoms with Gasteiger partial charge in [0.05, 0.1) is 0 Å². The molecule has 0 saturated heterocycles. The topological polar surface area (TPSA) is 38.7 Å². The van der Waals surface area contributed by atoms with Crippen LogP contribution in [0.25, 0.3) is 98.8 Å². The van der Waals surface area contributed by atoms with Gasteiger partial charge in [0.1, 0.15) is 0 Å². The molecule has 0 aliphatic heterocycles. The zero-order valence-electron chi connectivity index (χ0n) is 29.8. The predicted molar refractivity (Wildman–Crippen MR) is 231 cm³/mol. The third-order valence-electron chi connectivity index (χ3n) is 10.2. The lowest BCUT2D eigenvalue weighted by Gasteiger charge is -2.13. The molecule has 0 bridgehead atoms. The van der Waals surface area contributed by atoms with Crippen LogP contribution in [-0.2, 0) is 0 Å². The summed E-state index contributed by atoms with van der Waals surface area (Å²) in [6.45, 7) is 0. The normalized spacial score (nSPS) is 11.3. The van der Waals surface area contributed by atoms with Gasteiger partial charge in [-0.2, -0.15) is 0 Å². The van der Waals surface area contributed by atoms with Crippen molar-refractivity contribution >= 4 is 31.5 Å². The van der Waals surface area contributed by atoms with Crippen LogP contribution in [0.2, 0.25) is 0 Å². The average Bonchev–Trinajstić information content (AvgIpc) is 3.65. The molecule has 2 heterocycles. The minimum atomic E-state index is 0.629. The van der Waals surface area contributed by atoms with Gasteiger partial charge in [0, 0.05) is 36.9 Å². The second kappa shape index (κ2) is 14.1. The molecule has 10 aromatic rings. The van der Waals surface area contributed by atoms with Crippen LogP contribution in [0.4, 0.5) is 0 Å². The van der Waals surface area contributed by atoms with Crippen LogP contribution >= 0.6 is 11.3 Å². The maximum absolute atomic E-state index is 5.17. The molecule has 8 aromatic carbocycles. The van der Waals surface area contributed by atoms with Crippen LogP contribution in [-0.4, -0.2) is 15.0 Å². The maximum atomic E-state index is 5.17. The van der Waals surface area contributed by atoms with E-state index >= 15 is 0 Å². The van der Waals surface area contributed by atoms with E-state index in [0.717, 1.165) is 44.5 Å². The molecular formula is C51H33N3S. The lowest BCUT2D eigenvalue weighted by molar-refractivity contribution is 1.07. The molecule has 0 saturated carbocycles. The highest BCUT2D eigenvalue weighted by Gasteiger charge is 2.16. The molecule has 0 radical (unpaired) electrons. The summed E-state index contributed by atoms with van der Waals surface area (Å²) in [5.74, 6) is 1.90. The first-order chi connectivity index (χ1) is 27.2. The Hall–Kier alpha value is -7.01. The van der Waals surface area contributed by atoms with Crippen molar-refractivity contribution in [2.24, 2.45) is 0 Å². The van der Waals surface area contributed by atoms with E-state index in [2.05, 4.69) is 182 Å². The number of rotatable bonds is 7. The van der Waals surface area contributed by atoms with Crippen molar-refractivity contribution < 1.29 is 0 Å². The molecule has 0 aliphatic rings. The molecule has 0 spiro atoms. The Labute approximate surface area is 323 Å². The number of hydrogen-bond donors (Lipinski definition) is 0. The molecule has 0 amide bonds. The van der Waals surface area contributed by atoms with Gasteiger partial charge in [0.25, 0.3) is 0 Å². The number of fused-ring (bicyclic) bond motifs is 3. The van der Waals surface area contributed by atoms with E-state index in [9.17, 15) is 0 Å². The molecule has 258 valence electrons. The molecule has 0 N–H and O–H groups in total. The minimum Gasteiger partial charge on any atom is -0.208 e. The van der Waals surface area contributed by atoms with E-state index < -0.39 is 0 Å². The van der Waals surface area contributed by atoms with Gasteiger partial charge in [-0.3, -0.25) is 0 Å². The summed E-state index contributed by atoms with van der Waals surface area (Å²) in [4.78, 5) is 15.5. The zero-order chi connectivity index (χ0) is 36.6. The van der Waals surface area contributed by atoms with Crippen molar-refractivity contribution in [2.45, 2.75) is 0 Å². The molecule has 2 aromatic heterocycles. The van der Waals surface area contributed by atoms with Gasteiger partial charge in [0.15, 0.2) is 17.5 Å². The quantitative estimate of drug-likeness (QED) is 0.165. The van der Waals surface area contributed by atoms with E-state index in [1.807, 2.05) is 29.5 Å². The molecule has 55 heavy (non-hydrogen) atoms. The first-order valence-corrected chi connectivity index (χ1v) is 19.2. The van der Waals surface area contributed by atoms with Gasteiger partial charge in [-0.15, -0.1) is 11.3 Å². The van der Waals surface area contributed by atoms with Crippen molar-refractivity contribution in [1.29, 1.82) is 0 Å². The molecule has 4 heteroatoms. The third-order valence-corrected chi connectivity index (χ3v) is 11.3. The van der Waals surface area contributed by atoms with Gasteiger partial charge in [0.2, 0.25) is 0 Å². The number of thiophene rings is 1. The highest BCUT2D eigenvalue weighted by Crippen LogP contribution is 2.37. The van der Waals surface area contributed by atoms with Crippen molar-refractivity contribution in [2.75, 3.05) is 0 Å². The summed E-state index contributed by atoms with van der Waals surface area (Å²) in [5, 5.41) is 2.59. The summed E-state index contributed by atoms with van der Waals surface area (Å²) in [5.41, 5.74) is 12.0. The van der Waals surface area contributed by atoms with Crippen molar-refractivity contribution in [3.05, 3.63) is 200 Å². The lowest BCUT2D eigenvalue weighted by atomic mass is 9.98. The largest absolute Gasteiger partial charge is 0.208 e. The van der Waals surface area contributed by atoms with Crippen LogP contribution in [0.1, 0.15) is 0 Å². The Morgan fingerprint density at radius 3 is 1.44 bits per heavy atom. The zero-order valence-corrected chi connectivity index (χ0v) is 30.6. The monoisotopic (exact) mass is 719 g/mol. The van der Waals surface area contributed by atoms with E-state index in [-0.39, 0.29) is 0 Å². The number of nitrogens with zero attached hydrogens (tertiary/aromatic N) is 3. The molecule has 10 rings (SSSR count). The molecule has 0 aliphatic carbocycles. The van der Waals surface area contributed by atoms with Gasteiger partial charge in [-0.05, 0) is 68.8 Å². The molecule has 0 atom stereocenters.